The maximum atomic E-state index is 11.5. The molecule has 3 N–H and O–H groups in total. The van der Waals surface area contributed by atoms with Crippen LogP contribution >= 0.6 is 11.3 Å². The van der Waals surface area contributed by atoms with Crippen LogP contribution in [0.4, 0.5) is 5.82 Å². The van der Waals surface area contributed by atoms with Crippen LogP contribution in [0.15, 0.2) is 58.9 Å². The summed E-state index contributed by atoms with van der Waals surface area (Å²) in [5.41, 5.74) is 5.54. The van der Waals surface area contributed by atoms with E-state index in [1.165, 1.54) is 6.07 Å². The van der Waals surface area contributed by atoms with Crippen molar-refractivity contribution in [3.05, 3.63) is 65.4 Å². The number of nitrogens with two attached hydrogens (primary N) is 1. The number of rotatable bonds is 6. The fraction of sp³-hybridized carbons (Fsp3) is 0.150. The lowest BCUT2D eigenvalue weighted by Crippen LogP contribution is -2.13. The lowest BCUT2D eigenvalue weighted by atomic mass is 10.1. The van der Waals surface area contributed by atoms with Crippen LogP contribution in [-0.2, 0) is 16.4 Å². The van der Waals surface area contributed by atoms with E-state index >= 15 is 0 Å². The predicted octanol–water partition coefficient (Wildman–Crippen LogP) is 3.36. The van der Waals surface area contributed by atoms with Crippen LogP contribution in [-0.4, -0.2) is 29.9 Å². The minimum Gasteiger partial charge on any atom is -0.370 e. The standard InChI is InChI=1S/C20H19N5O2S2/c1-13-24-18(15-5-6-17-19(10-15)28-12-23-17)11-20(25-13)22-8-7-14-3-2-4-16(9-14)29(21,26)27/h2-6,9-12H,7-8H2,1H3,(H2,21,26,27)(H,22,24,25). The largest absolute Gasteiger partial charge is 0.370 e. The Balaban J connectivity index is 1.50. The second kappa shape index (κ2) is 7.86. The van der Waals surface area contributed by atoms with Crippen LogP contribution in [0.5, 0.6) is 0 Å². The van der Waals surface area contributed by atoms with Gasteiger partial charge in [-0.25, -0.2) is 28.5 Å². The number of aryl methyl sites for hydroxylation is 1. The van der Waals surface area contributed by atoms with E-state index in [0.29, 0.717) is 18.8 Å². The normalized spacial score (nSPS) is 11.7. The zero-order chi connectivity index (χ0) is 20.4. The first-order valence-electron chi connectivity index (χ1n) is 8.93. The second-order valence-electron chi connectivity index (χ2n) is 6.59. The quantitative estimate of drug-likeness (QED) is 0.490. The summed E-state index contributed by atoms with van der Waals surface area (Å²) in [6.07, 6.45) is 0.633. The molecule has 4 aromatic rings. The van der Waals surface area contributed by atoms with Gasteiger partial charge in [0.05, 0.1) is 26.3 Å². The molecule has 0 unspecified atom stereocenters. The summed E-state index contributed by atoms with van der Waals surface area (Å²) >= 11 is 1.60. The van der Waals surface area contributed by atoms with Crippen LogP contribution in [0, 0.1) is 6.92 Å². The molecule has 0 amide bonds. The number of fused-ring (bicyclic) bond motifs is 1. The smallest absolute Gasteiger partial charge is 0.238 e. The lowest BCUT2D eigenvalue weighted by molar-refractivity contribution is 0.597. The second-order valence-corrected chi connectivity index (χ2v) is 9.04. The fourth-order valence-electron chi connectivity index (χ4n) is 3.03. The molecule has 0 bridgehead atoms. The van der Waals surface area contributed by atoms with Gasteiger partial charge in [-0.15, -0.1) is 11.3 Å². The van der Waals surface area contributed by atoms with Crippen LogP contribution in [0.1, 0.15) is 11.4 Å². The number of hydrogen-bond donors (Lipinski definition) is 2. The number of nitrogens with zero attached hydrogens (tertiary/aromatic N) is 3. The highest BCUT2D eigenvalue weighted by Gasteiger charge is 2.09. The Morgan fingerprint density at radius 1 is 1.10 bits per heavy atom. The van der Waals surface area contributed by atoms with E-state index in [0.717, 1.165) is 32.9 Å². The molecule has 2 aromatic carbocycles. The van der Waals surface area contributed by atoms with E-state index in [2.05, 4.69) is 26.3 Å². The van der Waals surface area contributed by atoms with Gasteiger partial charge in [-0.2, -0.15) is 0 Å². The summed E-state index contributed by atoms with van der Waals surface area (Å²) in [7, 11) is -3.70. The van der Waals surface area contributed by atoms with Gasteiger partial charge in [0, 0.05) is 18.2 Å². The van der Waals surface area contributed by atoms with Gasteiger partial charge < -0.3 is 5.32 Å². The van der Waals surface area contributed by atoms with E-state index in [9.17, 15) is 8.42 Å². The molecule has 0 spiro atoms. The van der Waals surface area contributed by atoms with Crippen molar-refractivity contribution in [3.63, 3.8) is 0 Å². The van der Waals surface area contributed by atoms with E-state index in [1.54, 1.807) is 23.5 Å². The highest BCUT2D eigenvalue weighted by Crippen LogP contribution is 2.26. The zero-order valence-electron chi connectivity index (χ0n) is 15.7. The molecule has 0 aliphatic rings. The third-order valence-electron chi connectivity index (χ3n) is 4.41. The SMILES string of the molecule is Cc1nc(NCCc2cccc(S(N)(=O)=O)c2)cc(-c2ccc3ncsc3c2)n1. The number of hydrogen-bond acceptors (Lipinski definition) is 7. The maximum absolute atomic E-state index is 11.5. The molecule has 7 nitrogen and oxygen atoms in total. The van der Waals surface area contributed by atoms with E-state index in [1.807, 2.05) is 36.7 Å². The van der Waals surface area contributed by atoms with Gasteiger partial charge in [-0.3, -0.25) is 0 Å². The van der Waals surface area contributed by atoms with Gasteiger partial charge in [0.15, 0.2) is 0 Å². The molecule has 0 saturated carbocycles. The van der Waals surface area contributed by atoms with Crippen molar-refractivity contribution >= 4 is 37.4 Å². The molecule has 29 heavy (non-hydrogen) atoms. The highest BCUT2D eigenvalue weighted by atomic mass is 32.2. The molecule has 2 heterocycles. The number of anilines is 1. The molecule has 0 saturated heterocycles. The predicted molar refractivity (Wildman–Crippen MR) is 115 cm³/mol. The lowest BCUT2D eigenvalue weighted by Gasteiger charge is -2.09. The Kier molecular flexibility index (Phi) is 5.27. The van der Waals surface area contributed by atoms with E-state index < -0.39 is 10.0 Å². The van der Waals surface area contributed by atoms with Crippen molar-refractivity contribution in [2.24, 2.45) is 5.14 Å². The Bertz CT molecular complexity index is 1290. The van der Waals surface area contributed by atoms with Gasteiger partial charge in [0.1, 0.15) is 11.6 Å². The van der Waals surface area contributed by atoms with Gasteiger partial charge >= 0.3 is 0 Å². The molecule has 0 radical (unpaired) electrons. The number of aromatic nitrogens is 3. The van der Waals surface area contributed by atoms with Crippen molar-refractivity contribution in [2.75, 3.05) is 11.9 Å². The summed E-state index contributed by atoms with van der Waals surface area (Å²) in [5, 5.41) is 8.49. The first kappa shape index (κ1) is 19.4. The van der Waals surface area contributed by atoms with Crippen LogP contribution in [0.25, 0.3) is 21.5 Å². The van der Waals surface area contributed by atoms with E-state index in [4.69, 9.17) is 5.14 Å². The van der Waals surface area contributed by atoms with Crippen molar-refractivity contribution in [1.82, 2.24) is 15.0 Å². The molecular formula is C20H19N5O2S2. The molecule has 4 rings (SSSR count). The molecule has 2 aromatic heterocycles. The Morgan fingerprint density at radius 3 is 2.79 bits per heavy atom. The fourth-order valence-corrected chi connectivity index (χ4v) is 4.33. The molecule has 0 atom stereocenters. The maximum Gasteiger partial charge on any atom is 0.238 e. The van der Waals surface area contributed by atoms with Gasteiger partial charge in [0.2, 0.25) is 10.0 Å². The first-order chi connectivity index (χ1) is 13.9. The molecule has 9 heteroatoms. The number of primary sulfonamides is 1. The summed E-state index contributed by atoms with van der Waals surface area (Å²) in [4.78, 5) is 13.4. The monoisotopic (exact) mass is 425 g/mol. The third kappa shape index (κ3) is 4.58. The highest BCUT2D eigenvalue weighted by molar-refractivity contribution is 7.89. The topological polar surface area (TPSA) is 111 Å². The van der Waals surface area contributed by atoms with Gasteiger partial charge in [-0.1, -0.05) is 18.2 Å². The zero-order valence-corrected chi connectivity index (χ0v) is 17.3. The Hall–Kier alpha value is -2.88. The average Bonchev–Trinajstić information content (AvgIpc) is 3.15. The summed E-state index contributed by atoms with van der Waals surface area (Å²) in [6.45, 7) is 2.45. The summed E-state index contributed by atoms with van der Waals surface area (Å²) in [6, 6.07) is 14.6. The number of benzene rings is 2. The van der Waals surface area contributed by atoms with Gasteiger partial charge in [-0.05, 0) is 43.2 Å². The van der Waals surface area contributed by atoms with Crippen molar-refractivity contribution in [1.29, 1.82) is 0 Å². The van der Waals surface area contributed by atoms with Crippen LogP contribution in [0.3, 0.4) is 0 Å². The Labute approximate surface area is 172 Å². The average molecular weight is 426 g/mol. The van der Waals surface area contributed by atoms with Crippen molar-refractivity contribution in [2.45, 2.75) is 18.2 Å². The van der Waals surface area contributed by atoms with Crippen molar-refractivity contribution < 1.29 is 8.42 Å². The summed E-state index contributed by atoms with van der Waals surface area (Å²) in [5.74, 6) is 1.39. The third-order valence-corrected chi connectivity index (χ3v) is 6.11. The number of thiazole rings is 1. The van der Waals surface area contributed by atoms with Gasteiger partial charge in [0.25, 0.3) is 0 Å². The molecule has 148 valence electrons. The number of nitrogens with one attached hydrogen (secondary N) is 1. The van der Waals surface area contributed by atoms with Crippen LogP contribution in [0.2, 0.25) is 0 Å². The Morgan fingerprint density at radius 2 is 1.97 bits per heavy atom. The van der Waals surface area contributed by atoms with Crippen molar-refractivity contribution in [3.8, 4) is 11.3 Å². The minimum atomic E-state index is -3.70. The van der Waals surface area contributed by atoms with E-state index in [-0.39, 0.29) is 4.90 Å². The van der Waals surface area contributed by atoms with Crippen LogP contribution < -0.4 is 10.5 Å². The summed E-state index contributed by atoms with van der Waals surface area (Å²) < 4.78 is 24.1. The number of sulfonamides is 1. The molecule has 0 aliphatic heterocycles. The first-order valence-corrected chi connectivity index (χ1v) is 11.4. The molecular weight excluding hydrogens is 406 g/mol. The minimum absolute atomic E-state index is 0.119. The molecule has 0 fully saturated rings. The molecule has 0 aliphatic carbocycles.